The van der Waals surface area contributed by atoms with Crippen molar-refractivity contribution in [2.24, 2.45) is 0 Å². The number of likely N-dealkylation sites (N-methyl/N-ethyl adjacent to an activating group) is 1. The minimum Gasteiger partial charge on any atom is -0.319 e. The third-order valence-electron chi connectivity index (χ3n) is 1.31. The molecule has 1 aromatic heterocycles. The van der Waals surface area contributed by atoms with E-state index in [4.69, 9.17) is 11.6 Å². The summed E-state index contributed by atoms with van der Waals surface area (Å²) in [7, 11) is 1.91. The summed E-state index contributed by atoms with van der Waals surface area (Å²) >= 11 is 5.58. The smallest absolute Gasteiger partial charge is 0.222 e. The Balaban J connectivity index is 2.56. The molecule has 3 nitrogen and oxygen atoms in total. The lowest BCUT2D eigenvalue weighted by Crippen LogP contribution is -2.11. The Labute approximate surface area is 70.8 Å². The zero-order valence-corrected chi connectivity index (χ0v) is 7.10. The first kappa shape index (κ1) is 8.43. The van der Waals surface area contributed by atoms with Crippen LogP contribution in [-0.2, 0) is 6.42 Å². The van der Waals surface area contributed by atoms with Crippen molar-refractivity contribution in [3.8, 4) is 0 Å². The van der Waals surface area contributed by atoms with Crippen molar-refractivity contribution in [2.75, 3.05) is 13.6 Å². The maximum Gasteiger partial charge on any atom is 0.222 e. The minimum atomic E-state index is 0.318. The Kier molecular flexibility index (Phi) is 3.26. The zero-order valence-electron chi connectivity index (χ0n) is 6.34. The molecule has 0 unspecified atom stereocenters. The molecule has 60 valence electrons. The topological polar surface area (TPSA) is 37.8 Å². The van der Waals surface area contributed by atoms with E-state index in [9.17, 15) is 0 Å². The van der Waals surface area contributed by atoms with E-state index in [-0.39, 0.29) is 0 Å². The standard InChI is InChI=1S/C7H10ClN3/c1-9-4-2-6-3-5-10-7(8)11-6/h3,5,9H,2,4H2,1H3. The van der Waals surface area contributed by atoms with Crippen LogP contribution in [-0.4, -0.2) is 23.6 Å². The van der Waals surface area contributed by atoms with Gasteiger partial charge in [0.05, 0.1) is 0 Å². The van der Waals surface area contributed by atoms with Gasteiger partial charge >= 0.3 is 0 Å². The highest BCUT2D eigenvalue weighted by Crippen LogP contribution is 2.00. The molecule has 1 rings (SSSR count). The lowest BCUT2D eigenvalue weighted by molar-refractivity contribution is 0.773. The molecule has 0 aliphatic carbocycles. The van der Waals surface area contributed by atoms with Crippen molar-refractivity contribution in [2.45, 2.75) is 6.42 Å². The van der Waals surface area contributed by atoms with Crippen LogP contribution in [0.15, 0.2) is 12.3 Å². The molecule has 0 aromatic carbocycles. The molecule has 0 aliphatic rings. The second-order valence-corrected chi connectivity index (χ2v) is 2.51. The number of nitrogens with one attached hydrogen (secondary N) is 1. The largest absolute Gasteiger partial charge is 0.319 e. The van der Waals surface area contributed by atoms with Crippen molar-refractivity contribution in [3.05, 3.63) is 23.2 Å². The van der Waals surface area contributed by atoms with Crippen molar-refractivity contribution < 1.29 is 0 Å². The second kappa shape index (κ2) is 4.26. The second-order valence-electron chi connectivity index (χ2n) is 2.17. The van der Waals surface area contributed by atoms with Crippen LogP contribution in [0.5, 0.6) is 0 Å². The summed E-state index contributed by atoms with van der Waals surface area (Å²) in [5.74, 6) is 0. The van der Waals surface area contributed by atoms with Gasteiger partial charge in [0.2, 0.25) is 5.28 Å². The summed E-state index contributed by atoms with van der Waals surface area (Å²) in [5, 5.41) is 3.35. The van der Waals surface area contributed by atoms with Gasteiger partial charge in [-0.3, -0.25) is 0 Å². The number of hydrogen-bond donors (Lipinski definition) is 1. The fourth-order valence-corrected chi connectivity index (χ4v) is 0.927. The number of hydrogen-bond acceptors (Lipinski definition) is 3. The fraction of sp³-hybridized carbons (Fsp3) is 0.429. The van der Waals surface area contributed by atoms with Crippen molar-refractivity contribution >= 4 is 11.6 Å². The van der Waals surface area contributed by atoms with Crippen LogP contribution in [0.1, 0.15) is 5.69 Å². The Hall–Kier alpha value is -0.670. The van der Waals surface area contributed by atoms with Gasteiger partial charge < -0.3 is 5.32 Å². The highest BCUT2D eigenvalue weighted by molar-refractivity contribution is 6.28. The first-order valence-corrected chi connectivity index (χ1v) is 3.83. The monoisotopic (exact) mass is 171 g/mol. The summed E-state index contributed by atoms with van der Waals surface area (Å²) in [6.07, 6.45) is 2.55. The van der Waals surface area contributed by atoms with Crippen molar-refractivity contribution in [3.63, 3.8) is 0 Å². The van der Waals surface area contributed by atoms with Gasteiger partial charge in [-0.25, -0.2) is 9.97 Å². The fourth-order valence-electron chi connectivity index (χ4n) is 0.762. The van der Waals surface area contributed by atoms with Gasteiger partial charge in [0.1, 0.15) is 0 Å². The van der Waals surface area contributed by atoms with Gasteiger partial charge in [0, 0.05) is 24.9 Å². The van der Waals surface area contributed by atoms with Gasteiger partial charge in [-0.2, -0.15) is 0 Å². The van der Waals surface area contributed by atoms with E-state index in [0.717, 1.165) is 18.7 Å². The molecular formula is C7H10ClN3. The van der Waals surface area contributed by atoms with E-state index in [0.29, 0.717) is 5.28 Å². The molecule has 1 N–H and O–H groups in total. The molecule has 0 amide bonds. The molecule has 0 radical (unpaired) electrons. The summed E-state index contributed by atoms with van der Waals surface area (Å²) in [6, 6.07) is 1.86. The number of rotatable bonds is 3. The molecule has 0 aliphatic heterocycles. The third kappa shape index (κ3) is 2.82. The molecule has 0 atom stereocenters. The molecule has 4 heteroatoms. The molecule has 1 heterocycles. The summed E-state index contributed by atoms with van der Waals surface area (Å²) < 4.78 is 0. The van der Waals surface area contributed by atoms with Crippen molar-refractivity contribution in [1.29, 1.82) is 0 Å². The highest BCUT2D eigenvalue weighted by atomic mass is 35.5. The summed E-state index contributed by atoms with van der Waals surface area (Å²) in [4.78, 5) is 7.81. The summed E-state index contributed by atoms with van der Waals surface area (Å²) in [5.41, 5.74) is 0.972. The van der Waals surface area contributed by atoms with Gasteiger partial charge in [-0.05, 0) is 24.7 Å². The highest BCUT2D eigenvalue weighted by Gasteiger charge is 1.94. The number of halogens is 1. The number of aromatic nitrogens is 2. The average Bonchev–Trinajstić information content (AvgIpc) is 2.01. The average molecular weight is 172 g/mol. The first-order chi connectivity index (χ1) is 5.33. The van der Waals surface area contributed by atoms with E-state index in [1.165, 1.54) is 0 Å². The Morgan fingerprint density at radius 3 is 3.09 bits per heavy atom. The van der Waals surface area contributed by atoms with E-state index < -0.39 is 0 Å². The van der Waals surface area contributed by atoms with Gasteiger partial charge in [-0.1, -0.05) is 0 Å². The first-order valence-electron chi connectivity index (χ1n) is 3.45. The number of nitrogens with zero attached hydrogens (tertiary/aromatic N) is 2. The Bertz CT molecular complexity index is 227. The maximum atomic E-state index is 5.58. The van der Waals surface area contributed by atoms with E-state index in [1.807, 2.05) is 13.1 Å². The van der Waals surface area contributed by atoms with Crippen LogP contribution in [0.4, 0.5) is 0 Å². The lowest BCUT2D eigenvalue weighted by Gasteiger charge is -1.98. The van der Waals surface area contributed by atoms with Crippen LogP contribution in [0, 0.1) is 0 Å². The van der Waals surface area contributed by atoms with Gasteiger partial charge in [0.25, 0.3) is 0 Å². The predicted octanol–water partition coefficient (Wildman–Crippen LogP) is 0.892. The maximum absolute atomic E-state index is 5.58. The Morgan fingerprint density at radius 1 is 1.64 bits per heavy atom. The van der Waals surface area contributed by atoms with Crippen LogP contribution < -0.4 is 5.32 Å². The Morgan fingerprint density at radius 2 is 2.45 bits per heavy atom. The third-order valence-corrected chi connectivity index (χ3v) is 1.50. The van der Waals surface area contributed by atoms with Crippen LogP contribution in [0.2, 0.25) is 5.28 Å². The molecule has 0 bridgehead atoms. The predicted molar refractivity (Wildman–Crippen MR) is 44.7 cm³/mol. The van der Waals surface area contributed by atoms with Crippen LogP contribution >= 0.6 is 11.6 Å². The van der Waals surface area contributed by atoms with Crippen LogP contribution in [0.3, 0.4) is 0 Å². The molecular weight excluding hydrogens is 162 g/mol. The quantitative estimate of drug-likeness (QED) is 0.687. The van der Waals surface area contributed by atoms with Crippen LogP contribution in [0.25, 0.3) is 0 Å². The van der Waals surface area contributed by atoms with Gasteiger partial charge in [-0.15, -0.1) is 0 Å². The van der Waals surface area contributed by atoms with E-state index in [2.05, 4.69) is 15.3 Å². The molecule has 0 fully saturated rings. The van der Waals surface area contributed by atoms with E-state index in [1.54, 1.807) is 6.20 Å². The molecule has 1 aromatic rings. The SMILES string of the molecule is CNCCc1ccnc(Cl)n1. The lowest BCUT2D eigenvalue weighted by atomic mass is 10.3. The van der Waals surface area contributed by atoms with E-state index >= 15 is 0 Å². The molecule has 0 saturated heterocycles. The van der Waals surface area contributed by atoms with Gasteiger partial charge in [0.15, 0.2) is 0 Å². The molecule has 0 saturated carbocycles. The van der Waals surface area contributed by atoms with Crippen molar-refractivity contribution in [1.82, 2.24) is 15.3 Å². The molecule has 11 heavy (non-hydrogen) atoms. The zero-order chi connectivity index (χ0) is 8.10. The molecule has 0 spiro atoms. The summed E-state index contributed by atoms with van der Waals surface area (Å²) in [6.45, 7) is 0.910. The normalized spacial score (nSPS) is 10.0. The minimum absolute atomic E-state index is 0.318.